The molecule has 2 aromatic rings. The molecule has 0 N–H and O–H groups in total. The lowest BCUT2D eigenvalue weighted by molar-refractivity contribution is 0.0764. The Hall–Kier alpha value is -1.64. The Kier molecular flexibility index (Phi) is 5.54. The minimum absolute atomic E-state index is 0.0518. The largest absolute Gasteiger partial charge is 0.321 e. The predicted octanol–water partition coefficient (Wildman–Crippen LogP) is 4.38. The Balaban J connectivity index is 2.25. The predicted molar refractivity (Wildman–Crippen MR) is 88.6 cm³/mol. The molecule has 2 rings (SSSR count). The summed E-state index contributed by atoms with van der Waals surface area (Å²) in [7, 11) is 0. The first kappa shape index (κ1) is 15.7. The van der Waals surface area contributed by atoms with Crippen molar-refractivity contribution < 1.29 is 4.79 Å². The molecule has 3 nitrogen and oxygen atoms in total. The fourth-order valence-electron chi connectivity index (χ4n) is 1.92. The smallest absolute Gasteiger partial charge is 0.256 e. The molecule has 2 aromatic carbocycles. The summed E-state index contributed by atoms with van der Waals surface area (Å²) >= 11 is 6.75. The highest BCUT2D eigenvalue weighted by molar-refractivity contribution is 9.11. The van der Waals surface area contributed by atoms with Gasteiger partial charge in [-0.2, -0.15) is 5.26 Å². The maximum absolute atomic E-state index is 12.6. The maximum atomic E-state index is 12.6. The number of hydrogen-bond acceptors (Lipinski definition) is 2. The number of hydrogen-bond donors (Lipinski definition) is 0. The van der Waals surface area contributed by atoms with Crippen LogP contribution in [0.2, 0.25) is 0 Å². The Bertz CT molecular complexity index is 680. The van der Waals surface area contributed by atoms with Gasteiger partial charge in [0.05, 0.1) is 11.6 Å². The quantitative estimate of drug-likeness (QED) is 0.706. The van der Waals surface area contributed by atoms with Crippen molar-refractivity contribution >= 4 is 37.8 Å². The molecule has 1 amide bonds. The number of benzene rings is 2. The first-order chi connectivity index (χ1) is 10.1. The summed E-state index contributed by atoms with van der Waals surface area (Å²) in [4.78, 5) is 14.1. The number of nitrogens with zero attached hydrogens (tertiary/aromatic N) is 2. The highest BCUT2D eigenvalue weighted by atomic mass is 79.9. The second kappa shape index (κ2) is 7.39. The third-order valence-electron chi connectivity index (χ3n) is 2.93. The third-order valence-corrected chi connectivity index (χ3v) is 4.08. The molecule has 0 aliphatic rings. The standard InChI is InChI=1S/C16H12Br2N2O/c17-13-6-7-14(15(18)10-13)16(21)20(9-8-19)11-12-4-2-1-3-5-12/h1-7,10H,9,11H2. The van der Waals surface area contributed by atoms with Crippen LogP contribution in [0.5, 0.6) is 0 Å². The Labute approximate surface area is 140 Å². The van der Waals surface area contributed by atoms with E-state index in [0.717, 1.165) is 10.0 Å². The van der Waals surface area contributed by atoms with Gasteiger partial charge in [0.15, 0.2) is 0 Å². The average Bonchev–Trinajstić information content (AvgIpc) is 2.47. The zero-order valence-corrected chi connectivity index (χ0v) is 14.3. The minimum atomic E-state index is -0.167. The molecule has 0 aliphatic carbocycles. The van der Waals surface area contributed by atoms with Gasteiger partial charge in [0.25, 0.3) is 5.91 Å². The van der Waals surface area contributed by atoms with E-state index in [2.05, 4.69) is 37.9 Å². The van der Waals surface area contributed by atoms with E-state index in [1.165, 1.54) is 4.90 Å². The maximum Gasteiger partial charge on any atom is 0.256 e. The Morgan fingerprint density at radius 1 is 1.14 bits per heavy atom. The molecule has 0 atom stereocenters. The molecule has 0 heterocycles. The molecule has 0 radical (unpaired) electrons. The van der Waals surface area contributed by atoms with E-state index in [-0.39, 0.29) is 12.5 Å². The van der Waals surface area contributed by atoms with Crippen molar-refractivity contribution in [3.8, 4) is 6.07 Å². The van der Waals surface area contributed by atoms with Gasteiger partial charge in [0.1, 0.15) is 6.54 Å². The minimum Gasteiger partial charge on any atom is -0.321 e. The van der Waals surface area contributed by atoms with Crippen molar-refractivity contribution in [1.29, 1.82) is 5.26 Å². The van der Waals surface area contributed by atoms with E-state index in [4.69, 9.17) is 5.26 Å². The van der Waals surface area contributed by atoms with Crippen LogP contribution >= 0.6 is 31.9 Å². The summed E-state index contributed by atoms with van der Waals surface area (Å²) < 4.78 is 1.60. The molecular weight excluding hydrogens is 396 g/mol. The summed E-state index contributed by atoms with van der Waals surface area (Å²) in [5.41, 5.74) is 1.54. The Morgan fingerprint density at radius 2 is 1.86 bits per heavy atom. The third kappa shape index (κ3) is 4.16. The van der Waals surface area contributed by atoms with Crippen molar-refractivity contribution in [2.75, 3.05) is 6.54 Å². The summed E-state index contributed by atoms with van der Waals surface area (Å²) in [6.07, 6.45) is 0. The van der Waals surface area contributed by atoms with Gasteiger partial charge in [-0.25, -0.2) is 0 Å². The number of carbonyl (C=O) groups excluding carboxylic acids is 1. The van der Waals surface area contributed by atoms with Crippen LogP contribution in [0.1, 0.15) is 15.9 Å². The molecule has 0 fully saturated rings. The van der Waals surface area contributed by atoms with Gasteiger partial charge < -0.3 is 4.90 Å². The first-order valence-corrected chi connectivity index (χ1v) is 7.85. The fourth-order valence-corrected chi connectivity index (χ4v) is 3.14. The van der Waals surface area contributed by atoms with E-state index in [1.807, 2.05) is 42.5 Å². The van der Waals surface area contributed by atoms with Crippen LogP contribution in [0.15, 0.2) is 57.5 Å². The van der Waals surface area contributed by atoms with Gasteiger partial charge in [-0.15, -0.1) is 0 Å². The zero-order valence-electron chi connectivity index (χ0n) is 11.1. The average molecular weight is 408 g/mol. The molecular formula is C16H12Br2N2O. The van der Waals surface area contributed by atoms with Gasteiger partial charge in [-0.05, 0) is 39.7 Å². The van der Waals surface area contributed by atoms with Crippen molar-refractivity contribution in [2.45, 2.75) is 6.54 Å². The molecule has 0 saturated carbocycles. The van der Waals surface area contributed by atoms with E-state index in [9.17, 15) is 4.79 Å². The number of halogens is 2. The lowest BCUT2D eigenvalue weighted by Gasteiger charge is -2.20. The second-order valence-corrected chi connectivity index (χ2v) is 6.20. The lowest BCUT2D eigenvalue weighted by atomic mass is 10.1. The second-order valence-electron chi connectivity index (χ2n) is 4.43. The number of rotatable bonds is 4. The van der Waals surface area contributed by atoms with Crippen LogP contribution in [-0.4, -0.2) is 17.4 Å². The van der Waals surface area contributed by atoms with E-state index in [0.29, 0.717) is 16.6 Å². The molecule has 0 unspecified atom stereocenters. The van der Waals surface area contributed by atoms with Crippen molar-refractivity contribution in [3.05, 3.63) is 68.6 Å². The van der Waals surface area contributed by atoms with Crippen LogP contribution in [0.3, 0.4) is 0 Å². The van der Waals surface area contributed by atoms with E-state index in [1.54, 1.807) is 6.07 Å². The van der Waals surface area contributed by atoms with Gasteiger partial charge in [-0.3, -0.25) is 4.79 Å². The van der Waals surface area contributed by atoms with Crippen LogP contribution in [0.4, 0.5) is 0 Å². The van der Waals surface area contributed by atoms with Crippen LogP contribution in [0.25, 0.3) is 0 Å². The monoisotopic (exact) mass is 406 g/mol. The van der Waals surface area contributed by atoms with E-state index >= 15 is 0 Å². The SMILES string of the molecule is N#CCN(Cc1ccccc1)C(=O)c1ccc(Br)cc1Br. The topological polar surface area (TPSA) is 44.1 Å². The summed E-state index contributed by atoms with van der Waals surface area (Å²) in [5, 5.41) is 8.96. The normalized spacial score (nSPS) is 9.95. The van der Waals surface area contributed by atoms with Crippen LogP contribution < -0.4 is 0 Å². The highest BCUT2D eigenvalue weighted by Crippen LogP contribution is 2.23. The van der Waals surface area contributed by atoms with Gasteiger partial charge in [0, 0.05) is 15.5 Å². The molecule has 0 aromatic heterocycles. The van der Waals surface area contributed by atoms with Crippen LogP contribution in [0, 0.1) is 11.3 Å². The molecule has 21 heavy (non-hydrogen) atoms. The molecule has 5 heteroatoms. The van der Waals surface area contributed by atoms with Crippen molar-refractivity contribution in [2.24, 2.45) is 0 Å². The summed E-state index contributed by atoms with van der Waals surface area (Å²) in [5.74, 6) is -0.167. The van der Waals surface area contributed by atoms with Crippen molar-refractivity contribution in [3.63, 3.8) is 0 Å². The fraction of sp³-hybridized carbons (Fsp3) is 0.125. The summed E-state index contributed by atoms with van der Waals surface area (Å²) in [6.45, 7) is 0.464. The van der Waals surface area contributed by atoms with Gasteiger partial charge >= 0.3 is 0 Å². The zero-order chi connectivity index (χ0) is 15.2. The number of amides is 1. The molecule has 106 valence electrons. The number of carbonyl (C=O) groups is 1. The molecule has 0 saturated heterocycles. The highest BCUT2D eigenvalue weighted by Gasteiger charge is 2.18. The van der Waals surface area contributed by atoms with Crippen LogP contribution in [-0.2, 0) is 6.54 Å². The van der Waals surface area contributed by atoms with E-state index < -0.39 is 0 Å². The Morgan fingerprint density at radius 3 is 2.48 bits per heavy atom. The van der Waals surface area contributed by atoms with Gasteiger partial charge in [-0.1, -0.05) is 46.3 Å². The lowest BCUT2D eigenvalue weighted by Crippen LogP contribution is -2.31. The van der Waals surface area contributed by atoms with Crippen molar-refractivity contribution in [1.82, 2.24) is 4.90 Å². The molecule has 0 spiro atoms. The molecule has 0 aliphatic heterocycles. The molecule has 0 bridgehead atoms. The first-order valence-electron chi connectivity index (χ1n) is 6.27. The van der Waals surface area contributed by atoms with Gasteiger partial charge in [0.2, 0.25) is 0 Å². The summed E-state index contributed by atoms with van der Waals surface area (Å²) in [6, 6.07) is 17.1. The number of nitriles is 1.